The predicted molar refractivity (Wildman–Crippen MR) is 116 cm³/mol. The van der Waals surface area contributed by atoms with Crippen molar-refractivity contribution in [2.24, 2.45) is 40.7 Å². The third-order valence-corrected chi connectivity index (χ3v) is 9.56. The number of rotatable bonds is 5. The van der Waals surface area contributed by atoms with Gasteiger partial charge in [-0.2, -0.15) is 0 Å². The number of piperidine rings is 1. The van der Waals surface area contributed by atoms with E-state index in [-0.39, 0.29) is 11.6 Å². The lowest BCUT2D eigenvalue weighted by Crippen LogP contribution is -2.71. The van der Waals surface area contributed by atoms with Gasteiger partial charge in [0.15, 0.2) is 0 Å². The van der Waals surface area contributed by atoms with Gasteiger partial charge < -0.3 is 21.3 Å². The third-order valence-electron chi connectivity index (χ3n) is 9.56. The summed E-state index contributed by atoms with van der Waals surface area (Å²) in [4.78, 5) is 23.2. The van der Waals surface area contributed by atoms with Crippen molar-refractivity contribution in [2.75, 3.05) is 23.3 Å². The van der Waals surface area contributed by atoms with E-state index in [4.69, 9.17) is 5.73 Å². The molecular formula is C23H34N6O. The lowest BCUT2D eigenvalue weighted by atomic mass is 9.36. The first-order chi connectivity index (χ1) is 14.4. The van der Waals surface area contributed by atoms with E-state index >= 15 is 0 Å². The molecular weight excluding hydrogens is 376 g/mol. The number of nitrogens with two attached hydrogens (primary N) is 1. The minimum Gasteiger partial charge on any atom is -0.379 e. The van der Waals surface area contributed by atoms with Crippen molar-refractivity contribution in [1.82, 2.24) is 15.3 Å². The number of aromatic nitrogens is 2. The Balaban J connectivity index is 1.10. The first-order valence-electron chi connectivity index (χ1n) is 11.8. The Morgan fingerprint density at radius 3 is 2.60 bits per heavy atom. The Kier molecular flexibility index (Phi) is 3.89. The van der Waals surface area contributed by atoms with Gasteiger partial charge in [-0.05, 0) is 73.5 Å². The van der Waals surface area contributed by atoms with Crippen LogP contribution in [0, 0.1) is 35.0 Å². The van der Waals surface area contributed by atoms with Gasteiger partial charge in [0.2, 0.25) is 5.95 Å². The average molecular weight is 411 g/mol. The molecule has 4 saturated carbocycles. The smallest absolute Gasteiger partial charge is 0.312 e. The lowest BCUT2D eigenvalue weighted by molar-refractivity contribution is -0.186. The zero-order valence-electron chi connectivity index (χ0n) is 18.1. The molecule has 4 aliphatic carbocycles. The summed E-state index contributed by atoms with van der Waals surface area (Å²) < 4.78 is 0. The van der Waals surface area contributed by atoms with E-state index in [0.717, 1.165) is 67.7 Å². The van der Waals surface area contributed by atoms with Crippen LogP contribution >= 0.6 is 0 Å². The van der Waals surface area contributed by atoms with Gasteiger partial charge in [0.25, 0.3) is 0 Å². The Labute approximate surface area is 178 Å². The fourth-order valence-electron chi connectivity index (χ4n) is 8.27. The second-order valence-electron chi connectivity index (χ2n) is 11.1. The number of nitrogens with one attached hydrogen (secondary N) is 2. The van der Waals surface area contributed by atoms with Crippen LogP contribution < -0.4 is 21.3 Å². The number of primary amides is 1. The average Bonchev–Trinajstić information content (AvgIpc) is 3.18. The zero-order chi connectivity index (χ0) is 20.7. The predicted octanol–water partition coefficient (Wildman–Crippen LogP) is 2.99. The molecule has 7 nitrogen and oxygen atoms in total. The molecule has 162 valence electrons. The molecule has 6 unspecified atom stereocenters. The number of fused-ring (bicyclic) bond motifs is 1. The van der Waals surface area contributed by atoms with E-state index in [1.54, 1.807) is 0 Å². The van der Waals surface area contributed by atoms with E-state index in [2.05, 4.69) is 39.3 Å². The van der Waals surface area contributed by atoms with Crippen LogP contribution in [0.2, 0.25) is 0 Å². The van der Waals surface area contributed by atoms with E-state index in [9.17, 15) is 4.79 Å². The van der Waals surface area contributed by atoms with E-state index in [0.29, 0.717) is 17.4 Å². The molecule has 6 rings (SSSR count). The number of carbonyl (C=O) groups is 1. The zero-order valence-corrected chi connectivity index (χ0v) is 18.1. The van der Waals surface area contributed by atoms with Gasteiger partial charge in [-0.15, -0.1) is 0 Å². The van der Waals surface area contributed by atoms with E-state index in [1.165, 1.54) is 19.3 Å². The van der Waals surface area contributed by atoms with E-state index < -0.39 is 0 Å². The molecule has 1 aromatic rings. The topological polar surface area (TPSA) is 96.2 Å². The minimum atomic E-state index is -0.364. The molecule has 1 saturated heterocycles. The van der Waals surface area contributed by atoms with Crippen LogP contribution in [0.1, 0.15) is 52.4 Å². The highest BCUT2D eigenvalue weighted by molar-refractivity contribution is 5.73. The highest BCUT2D eigenvalue weighted by Crippen LogP contribution is 2.82. The summed E-state index contributed by atoms with van der Waals surface area (Å²) in [6, 6.07) is 0.116. The summed E-state index contributed by atoms with van der Waals surface area (Å²) in [5.41, 5.74) is 6.93. The molecule has 2 bridgehead atoms. The van der Waals surface area contributed by atoms with Crippen LogP contribution in [0.5, 0.6) is 0 Å². The Morgan fingerprint density at radius 1 is 1.20 bits per heavy atom. The van der Waals surface area contributed by atoms with Gasteiger partial charge in [-0.25, -0.2) is 14.8 Å². The van der Waals surface area contributed by atoms with Crippen LogP contribution in [-0.2, 0) is 0 Å². The molecule has 5 fully saturated rings. The van der Waals surface area contributed by atoms with Crippen molar-refractivity contribution in [3.05, 3.63) is 12.4 Å². The first-order valence-corrected chi connectivity index (χ1v) is 11.8. The SMILES string of the molecule is CC(C)C1CCN(c2ncc(NC3C4CC5CC6(NC(N)=O)CC3C54C6)cn2)CC1. The summed E-state index contributed by atoms with van der Waals surface area (Å²) in [5, 5.41) is 6.87. The van der Waals surface area contributed by atoms with Crippen molar-refractivity contribution in [3.8, 4) is 0 Å². The van der Waals surface area contributed by atoms with Crippen LogP contribution in [-0.4, -0.2) is 40.7 Å². The standard InChI is InChI=1S/C23H34N6O/c1-13(2)14-3-5-29(6-4-14)21-25-10-16(11-26-21)27-19-17-7-15-8-22(28-20(24)30)9-18(19)23(15,17)12-22/h10-11,13-15,17-19,27H,3-9,12H2,1-2H3,(H3,24,28,30). The van der Waals surface area contributed by atoms with Crippen LogP contribution in [0.3, 0.4) is 0 Å². The van der Waals surface area contributed by atoms with Gasteiger partial charge in [0, 0.05) is 24.7 Å². The van der Waals surface area contributed by atoms with Gasteiger partial charge in [0.1, 0.15) is 0 Å². The Morgan fingerprint density at radius 2 is 1.93 bits per heavy atom. The Hall–Kier alpha value is -2.05. The van der Waals surface area contributed by atoms with Gasteiger partial charge >= 0.3 is 6.03 Å². The van der Waals surface area contributed by atoms with Crippen LogP contribution in [0.25, 0.3) is 0 Å². The number of amides is 2. The van der Waals surface area contributed by atoms with Crippen LogP contribution in [0.15, 0.2) is 12.4 Å². The maximum absolute atomic E-state index is 11.6. The highest BCUT2D eigenvalue weighted by atomic mass is 16.2. The molecule has 6 atom stereocenters. The number of hydrogen-bond acceptors (Lipinski definition) is 5. The Bertz CT molecular complexity index is 850. The van der Waals surface area contributed by atoms with Gasteiger partial charge in [0.05, 0.1) is 18.1 Å². The maximum atomic E-state index is 11.6. The van der Waals surface area contributed by atoms with Gasteiger partial charge in [-0.3, -0.25) is 0 Å². The molecule has 7 heteroatoms. The summed E-state index contributed by atoms with van der Waals surface area (Å²) in [7, 11) is 0. The first kappa shape index (κ1) is 18.7. The number of anilines is 2. The monoisotopic (exact) mass is 410 g/mol. The third kappa shape index (κ3) is 2.47. The summed E-state index contributed by atoms with van der Waals surface area (Å²) in [6.45, 7) is 6.77. The van der Waals surface area contributed by atoms with Crippen molar-refractivity contribution in [1.29, 1.82) is 0 Å². The molecule has 1 aliphatic heterocycles. The lowest BCUT2D eigenvalue weighted by Gasteiger charge is -2.70. The van der Waals surface area contributed by atoms with Crippen molar-refractivity contribution in [2.45, 2.75) is 64.0 Å². The number of urea groups is 1. The van der Waals surface area contributed by atoms with Crippen LogP contribution in [0.4, 0.5) is 16.4 Å². The van der Waals surface area contributed by atoms with Crippen molar-refractivity contribution in [3.63, 3.8) is 0 Å². The molecule has 30 heavy (non-hydrogen) atoms. The molecule has 0 radical (unpaired) electrons. The fourth-order valence-corrected chi connectivity index (χ4v) is 8.27. The molecule has 4 N–H and O–H groups in total. The molecule has 0 aromatic carbocycles. The molecule has 1 aromatic heterocycles. The summed E-state index contributed by atoms with van der Waals surface area (Å²) >= 11 is 0. The summed E-state index contributed by atoms with van der Waals surface area (Å²) in [6.07, 6.45) is 11.0. The number of hydrogen-bond donors (Lipinski definition) is 3. The fraction of sp³-hybridized carbons (Fsp3) is 0.783. The largest absolute Gasteiger partial charge is 0.379 e. The van der Waals surface area contributed by atoms with Crippen molar-refractivity contribution < 1.29 is 4.79 Å². The van der Waals surface area contributed by atoms with Crippen molar-refractivity contribution >= 4 is 17.7 Å². The van der Waals surface area contributed by atoms with Gasteiger partial charge in [-0.1, -0.05) is 13.8 Å². The molecule has 5 aliphatic rings. The second kappa shape index (κ2) is 6.24. The summed E-state index contributed by atoms with van der Waals surface area (Å²) in [5.74, 6) is 4.59. The maximum Gasteiger partial charge on any atom is 0.312 e. The quantitative estimate of drug-likeness (QED) is 0.693. The normalized spacial score (nSPS) is 41.2. The minimum absolute atomic E-state index is 0.0468. The molecule has 2 heterocycles. The molecule has 1 spiro atoms. The molecule has 2 amide bonds. The number of carbonyl (C=O) groups excluding carboxylic acids is 1. The van der Waals surface area contributed by atoms with E-state index in [1.807, 2.05) is 12.4 Å². The number of nitrogens with zero attached hydrogens (tertiary/aromatic N) is 3. The second-order valence-corrected chi connectivity index (χ2v) is 11.1. The highest BCUT2D eigenvalue weighted by Gasteiger charge is 2.81.